The molecule has 8 heteroatoms. The Labute approximate surface area is 129 Å². The van der Waals surface area contributed by atoms with Gasteiger partial charge in [-0.15, -0.1) is 0 Å². The van der Waals surface area contributed by atoms with Crippen molar-refractivity contribution in [2.24, 2.45) is 0 Å². The lowest BCUT2D eigenvalue weighted by Gasteiger charge is -2.07. The summed E-state index contributed by atoms with van der Waals surface area (Å²) in [6.45, 7) is 0.108. The highest BCUT2D eigenvalue weighted by atomic mass is 35.5. The molecule has 2 aromatic rings. The third kappa shape index (κ3) is 3.60. The minimum atomic E-state index is -0.628. The van der Waals surface area contributed by atoms with Crippen molar-refractivity contribution in [3.05, 3.63) is 61.7 Å². The molecule has 0 N–H and O–H groups in total. The molecule has 106 valence electrons. The van der Waals surface area contributed by atoms with Crippen molar-refractivity contribution < 1.29 is 9.66 Å². The molecule has 0 atom stereocenters. The Morgan fingerprint density at radius 1 is 1.33 bits per heavy atom. The fourth-order valence-corrected chi connectivity index (χ4v) is 1.84. The van der Waals surface area contributed by atoms with Gasteiger partial charge in [0.15, 0.2) is 0 Å². The summed E-state index contributed by atoms with van der Waals surface area (Å²) in [7, 11) is 0. The lowest BCUT2D eigenvalue weighted by molar-refractivity contribution is -0.385. The van der Waals surface area contributed by atoms with E-state index in [2.05, 4.69) is 4.98 Å². The zero-order valence-corrected chi connectivity index (χ0v) is 11.9. The van der Waals surface area contributed by atoms with Gasteiger partial charge in [0.25, 0.3) is 5.69 Å². The molecule has 0 bridgehead atoms. The number of nitro groups is 1. The quantitative estimate of drug-likeness (QED) is 0.631. The van der Waals surface area contributed by atoms with Crippen molar-refractivity contribution in [2.75, 3.05) is 0 Å². The summed E-state index contributed by atoms with van der Waals surface area (Å²) in [4.78, 5) is 13.8. The highest BCUT2D eigenvalue weighted by Gasteiger charge is 2.13. The normalized spacial score (nSPS) is 9.95. The first kappa shape index (κ1) is 15.0. The fourth-order valence-electron chi connectivity index (χ4n) is 1.52. The maximum absolute atomic E-state index is 10.6. The monoisotopic (exact) mass is 323 g/mol. The number of hydrogen-bond donors (Lipinski definition) is 0. The van der Waals surface area contributed by atoms with E-state index in [0.29, 0.717) is 10.0 Å². The number of nitriles is 1. The van der Waals surface area contributed by atoms with E-state index in [0.717, 1.165) is 17.8 Å². The predicted molar refractivity (Wildman–Crippen MR) is 76.4 cm³/mol. The van der Waals surface area contributed by atoms with Crippen molar-refractivity contribution >= 4 is 28.9 Å². The lowest BCUT2D eigenvalue weighted by Crippen LogP contribution is -2.00. The van der Waals surface area contributed by atoms with Crippen molar-refractivity contribution in [3.63, 3.8) is 0 Å². The molecule has 0 radical (unpaired) electrons. The summed E-state index contributed by atoms with van der Waals surface area (Å²) < 4.78 is 5.39. The number of nitrogens with zero attached hydrogens (tertiary/aromatic N) is 3. The van der Waals surface area contributed by atoms with Gasteiger partial charge in [0.05, 0.1) is 15.0 Å². The molecular weight excluding hydrogens is 317 g/mol. The van der Waals surface area contributed by atoms with Crippen molar-refractivity contribution in [3.8, 4) is 11.9 Å². The van der Waals surface area contributed by atoms with E-state index in [-0.39, 0.29) is 23.7 Å². The molecule has 2 rings (SSSR count). The summed E-state index contributed by atoms with van der Waals surface area (Å²) in [5.41, 5.74) is 0.450. The maximum atomic E-state index is 10.6. The predicted octanol–water partition coefficient (Wildman–Crippen LogP) is 3.75. The molecule has 0 unspecified atom stereocenters. The molecule has 0 amide bonds. The number of hydrogen-bond acceptors (Lipinski definition) is 5. The Morgan fingerprint density at radius 3 is 2.71 bits per heavy atom. The Bertz CT molecular complexity index is 744. The molecule has 1 heterocycles. The molecule has 0 saturated carbocycles. The van der Waals surface area contributed by atoms with Gasteiger partial charge in [0, 0.05) is 6.07 Å². The van der Waals surface area contributed by atoms with Gasteiger partial charge in [-0.1, -0.05) is 29.3 Å². The average Bonchev–Trinajstić information content (AvgIpc) is 2.48. The van der Waals surface area contributed by atoms with E-state index in [1.165, 1.54) is 0 Å². The topological polar surface area (TPSA) is 89.0 Å². The van der Waals surface area contributed by atoms with Crippen LogP contribution in [0.15, 0.2) is 30.5 Å². The highest BCUT2D eigenvalue weighted by molar-refractivity contribution is 6.42. The average molecular weight is 324 g/mol. The molecule has 0 aliphatic rings. The second-order valence-corrected chi connectivity index (χ2v) is 4.77. The zero-order valence-electron chi connectivity index (χ0n) is 10.4. The first-order valence-corrected chi connectivity index (χ1v) is 6.38. The summed E-state index contributed by atoms with van der Waals surface area (Å²) in [6.07, 6.45) is 1.03. The van der Waals surface area contributed by atoms with Crippen LogP contribution >= 0.6 is 23.2 Å². The van der Waals surface area contributed by atoms with Crippen LogP contribution in [0.3, 0.4) is 0 Å². The van der Waals surface area contributed by atoms with Crippen molar-refractivity contribution in [1.29, 1.82) is 5.26 Å². The number of ether oxygens (including phenoxy) is 1. The Kier molecular flexibility index (Phi) is 4.58. The van der Waals surface area contributed by atoms with E-state index in [1.807, 2.05) is 6.07 Å². The van der Waals surface area contributed by atoms with Gasteiger partial charge >= 0.3 is 0 Å². The molecule has 0 aliphatic carbocycles. The second-order valence-electron chi connectivity index (χ2n) is 3.95. The Morgan fingerprint density at radius 2 is 2.10 bits per heavy atom. The van der Waals surface area contributed by atoms with Crippen molar-refractivity contribution in [1.82, 2.24) is 4.98 Å². The lowest BCUT2D eigenvalue weighted by atomic mass is 10.2. The summed E-state index contributed by atoms with van der Waals surface area (Å²) in [6, 6.07) is 7.88. The number of halogens is 2. The molecular formula is C13H7Cl2N3O3. The van der Waals surface area contributed by atoms with Gasteiger partial charge in [-0.2, -0.15) is 5.26 Å². The molecule has 21 heavy (non-hydrogen) atoms. The molecule has 0 spiro atoms. The van der Waals surface area contributed by atoms with Crippen molar-refractivity contribution in [2.45, 2.75) is 6.61 Å². The van der Waals surface area contributed by atoms with E-state index < -0.39 is 4.92 Å². The van der Waals surface area contributed by atoms with Gasteiger partial charge in [-0.05, 0) is 17.7 Å². The maximum Gasteiger partial charge on any atom is 0.289 e. The zero-order chi connectivity index (χ0) is 15.4. The van der Waals surface area contributed by atoms with Gasteiger partial charge in [-0.3, -0.25) is 10.1 Å². The largest absolute Gasteiger partial charge is 0.472 e. The third-order valence-electron chi connectivity index (χ3n) is 2.53. The molecule has 0 fully saturated rings. The minimum absolute atomic E-state index is 0.00994. The van der Waals surface area contributed by atoms with E-state index in [4.69, 9.17) is 33.2 Å². The second kappa shape index (κ2) is 6.39. The van der Waals surface area contributed by atoms with Gasteiger partial charge < -0.3 is 4.74 Å². The van der Waals surface area contributed by atoms with Crippen LogP contribution in [0.25, 0.3) is 0 Å². The van der Waals surface area contributed by atoms with Gasteiger partial charge in [0.1, 0.15) is 24.4 Å². The SMILES string of the molecule is N#Cc1cc([N+](=O)[O-])cnc1OCc1ccc(Cl)c(Cl)c1. The van der Waals surface area contributed by atoms with Gasteiger partial charge in [-0.25, -0.2) is 4.98 Å². The fraction of sp³-hybridized carbons (Fsp3) is 0.0769. The van der Waals surface area contributed by atoms with Crippen LogP contribution in [0.5, 0.6) is 5.88 Å². The van der Waals surface area contributed by atoms with Crippen LogP contribution in [0.1, 0.15) is 11.1 Å². The first-order valence-electron chi connectivity index (χ1n) is 5.62. The highest BCUT2D eigenvalue weighted by Crippen LogP contribution is 2.24. The summed E-state index contributed by atoms with van der Waals surface area (Å²) in [5.74, 6) is 0.0224. The molecule has 0 aliphatic heterocycles. The van der Waals surface area contributed by atoms with E-state index >= 15 is 0 Å². The molecule has 1 aromatic heterocycles. The van der Waals surface area contributed by atoms with Gasteiger partial charge in [0.2, 0.25) is 5.88 Å². The van der Waals surface area contributed by atoms with Crippen LogP contribution < -0.4 is 4.74 Å². The number of pyridine rings is 1. The number of rotatable bonds is 4. The third-order valence-corrected chi connectivity index (χ3v) is 3.27. The standard InChI is InChI=1S/C13H7Cl2N3O3/c14-11-2-1-8(3-12(11)15)7-21-13-9(5-16)4-10(6-17-13)18(19)20/h1-4,6H,7H2. The van der Waals surface area contributed by atoms with E-state index in [9.17, 15) is 10.1 Å². The van der Waals surface area contributed by atoms with Crippen LogP contribution in [-0.2, 0) is 6.61 Å². The Balaban J connectivity index is 2.18. The smallest absolute Gasteiger partial charge is 0.289 e. The number of benzene rings is 1. The first-order chi connectivity index (χ1) is 10.0. The van der Waals surface area contributed by atoms with Crippen LogP contribution in [-0.4, -0.2) is 9.91 Å². The number of aromatic nitrogens is 1. The van der Waals surface area contributed by atoms with Crippen LogP contribution in [0.4, 0.5) is 5.69 Å². The molecule has 6 nitrogen and oxygen atoms in total. The van der Waals surface area contributed by atoms with Crippen LogP contribution in [0, 0.1) is 21.4 Å². The summed E-state index contributed by atoms with van der Waals surface area (Å²) >= 11 is 11.7. The summed E-state index contributed by atoms with van der Waals surface area (Å²) in [5, 5.41) is 20.4. The molecule has 1 aromatic carbocycles. The molecule has 0 saturated heterocycles. The Hall–Kier alpha value is -2.36. The van der Waals surface area contributed by atoms with Crippen LogP contribution in [0.2, 0.25) is 10.0 Å². The van der Waals surface area contributed by atoms with E-state index in [1.54, 1.807) is 18.2 Å². The minimum Gasteiger partial charge on any atom is -0.472 e.